The van der Waals surface area contributed by atoms with Gasteiger partial charge in [-0.05, 0) is 13.8 Å². The van der Waals surface area contributed by atoms with Gasteiger partial charge in [0.25, 0.3) is 0 Å². The van der Waals surface area contributed by atoms with Crippen LogP contribution in [0.5, 0.6) is 0 Å². The first kappa shape index (κ1) is 8.80. The van der Waals surface area contributed by atoms with Gasteiger partial charge in [0.1, 0.15) is 5.60 Å². The molecule has 2 unspecified atom stereocenters. The Morgan fingerprint density at radius 3 is 2.36 bits per heavy atom. The van der Waals surface area contributed by atoms with E-state index in [9.17, 15) is 4.57 Å². The lowest BCUT2D eigenvalue weighted by Gasteiger charge is -2.17. The molecule has 0 aromatic heterocycles. The molecule has 0 bridgehead atoms. The van der Waals surface area contributed by atoms with E-state index in [1.54, 1.807) is 13.8 Å². The van der Waals surface area contributed by atoms with Crippen molar-refractivity contribution in [2.45, 2.75) is 25.6 Å². The Morgan fingerprint density at radius 2 is 2.18 bits per heavy atom. The molecule has 0 N–H and O–H groups in total. The zero-order valence-corrected chi connectivity index (χ0v) is 7.72. The van der Waals surface area contributed by atoms with Gasteiger partial charge in [-0.25, -0.2) is 0 Å². The second-order valence-electron chi connectivity index (χ2n) is 3.12. The molecule has 4 heteroatoms. The Balaban J connectivity index is 2.90. The van der Waals surface area contributed by atoms with Gasteiger partial charge in [-0.15, -0.1) is 6.42 Å². The Labute approximate surface area is 66.6 Å². The molecule has 1 heterocycles. The molecule has 0 aromatic rings. The Bertz CT molecular complexity index is 251. The molecular formula is C7H11O3P. The largest absolute Gasteiger partial charge is 0.329 e. The minimum absolute atomic E-state index is 0.502. The van der Waals surface area contributed by atoms with Crippen molar-refractivity contribution in [3.05, 3.63) is 0 Å². The van der Waals surface area contributed by atoms with Gasteiger partial charge in [0.15, 0.2) is 6.10 Å². The van der Waals surface area contributed by atoms with E-state index in [-0.39, 0.29) is 0 Å². The highest BCUT2D eigenvalue weighted by atomic mass is 31.2. The van der Waals surface area contributed by atoms with Gasteiger partial charge in [0, 0.05) is 6.66 Å². The lowest BCUT2D eigenvalue weighted by molar-refractivity contribution is 0.106. The zero-order chi connectivity index (χ0) is 8.70. The fourth-order valence-electron chi connectivity index (χ4n) is 1.05. The van der Waals surface area contributed by atoms with E-state index in [1.165, 1.54) is 6.66 Å². The first-order valence-corrected chi connectivity index (χ1v) is 5.29. The van der Waals surface area contributed by atoms with Gasteiger partial charge >= 0.3 is 7.60 Å². The van der Waals surface area contributed by atoms with Gasteiger partial charge < -0.3 is 0 Å². The van der Waals surface area contributed by atoms with Crippen molar-refractivity contribution in [2.24, 2.45) is 0 Å². The topological polar surface area (TPSA) is 35.5 Å². The summed E-state index contributed by atoms with van der Waals surface area (Å²) in [7, 11) is -2.88. The summed E-state index contributed by atoms with van der Waals surface area (Å²) in [6.07, 6.45) is 4.65. The van der Waals surface area contributed by atoms with Crippen LogP contribution in [0.2, 0.25) is 0 Å². The summed E-state index contributed by atoms with van der Waals surface area (Å²) in [6.45, 7) is 4.95. The number of rotatable bonds is 0. The van der Waals surface area contributed by atoms with Gasteiger partial charge in [-0.2, -0.15) is 0 Å². The molecule has 1 saturated heterocycles. The molecule has 62 valence electrons. The molecule has 0 saturated carbocycles. The predicted molar refractivity (Wildman–Crippen MR) is 42.4 cm³/mol. The minimum Gasteiger partial charge on any atom is -0.299 e. The van der Waals surface area contributed by atoms with Crippen LogP contribution in [0.4, 0.5) is 0 Å². The Kier molecular flexibility index (Phi) is 1.88. The normalized spacial score (nSPS) is 41.8. The van der Waals surface area contributed by atoms with Crippen molar-refractivity contribution in [3.63, 3.8) is 0 Å². The molecule has 3 nitrogen and oxygen atoms in total. The molecule has 0 amide bonds. The molecular weight excluding hydrogens is 163 g/mol. The quantitative estimate of drug-likeness (QED) is 0.413. The van der Waals surface area contributed by atoms with Crippen molar-refractivity contribution in [2.75, 3.05) is 6.66 Å². The fraction of sp³-hybridized carbons (Fsp3) is 0.714. The van der Waals surface area contributed by atoms with Crippen LogP contribution in [0.25, 0.3) is 0 Å². The zero-order valence-electron chi connectivity index (χ0n) is 6.83. The van der Waals surface area contributed by atoms with E-state index < -0.39 is 19.3 Å². The highest BCUT2D eigenvalue weighted by Gasteiger charge is 2.46. The average Bonchev–Trinajstić information content (AvgIpc) is 1.99. The van der Waals surface area contributed by atoms with E-state index in [0.29, 0.717) is 0 Å². The van der Waals surface area contributed by atoms with Crippen molar-refractivity contribution < 1.29 is 13.6 Å². The van der Waals surface area contributed by atoms with E-state index in [1.807, 2.05) is 0 Å². The summed E-state index contributed by atoms with van der Waals surface area (Å²) >= 11 is 0. The number of hydrogen-bond acceptors (Lipinski definition) is 3. The smallest absolute Gasteiger partial charge is 0.299 e. The summed E-state index contributed by atoms with van der Waals surface area (Å²) < 4.78 is 21.4. The van der Waals surface area contributed by atoms with Crippen molar-refractivity contribution in [3.8, 4) is 12.3 Å². The first-order valence-electron chi connectivity index (χ1n) is 3.30. The van der Waals surface area contributed by atoms with Crippen molar-refractivity contribution >= 4 is 7.60 Å². The van der Waals surface area contributed by atoms with Crippen molar-refractivity contribution in [1.82, 2.24) is 0 Å². The summed E-state index contributed by atoms with van der Waals surface area (Å²) in [5.41, 5.74) is -0.626. The Hall–Kier alpha value is -0.290. The SMILES string of the molecule is C#CC1OP(C)(=O)OC1(C)C. The van der Waals surface area contributed by atoms with Crippen molar-refractivity contribution in [1.29, 1.82) is 0 Å². The van der Waals surface area contributed by atoms with Crippen LogP contribution in [-0.4, -0.2) is 18.4 Å². The molecule has 1 rings (SSSR count). The van der Waals surface area contributed by atoms with Gasteiger partial charge in [0.2, 0.25) is 0 Å². The third-order valence-electron chi connectivity index (χ3n) is 1.48. The number of hydrogen-bond donors (Lipinski definition) is 0. The molecule has 1 aliphatic heterocycles. The van der Waals surface area contributed by atoms with Crippen LogP contribution in [0, 0.1) is 12.3 Å². The molecule has 0 aromatic carbocycles. The summed E-state index contributed by atoms with van der Waals surface area (Å²) in [5, 5.41) is 0. The highest BCUT2D eigenvalue weighted by Crippen LogP contribution is 2.56. The van der Waals surface area contributed by atoms with Crippen LogP contribution in [0.1, 0.15) is 13.8 Å². The van der Waals surface area contributed by atoms with Crippen LogP contribution in [0.15, 0.2) is 0 Å². The lowest BCUT2D eigenvalue weighted by atomic mass is 10.0. The molecule has 11 heavy (non-hydrogen) atoms. The summed E-state index contributed by atoms with van der Waals surface area (Å²) in [5.74, 6) is 2.39. The number of terminal acetylenes is 1. The molecule has 0 radical (unpaired) electrons. The lowest BCUT2D eigenvalue weighted by Crippen LogP contribution is -2.31. The first-order chi connectivity index (χ1) is 4.87. The van der Waals surface area contributed by atoms with E-state index in [0.717, 1.165) is 0 Å². The third-order valence-corrected chi connectivity index (χ3v) is 2.88. The van der Waals surface area contributed by atoms with Crippen LogP contribution < -0.4 is 0 Å². The maximum atomic E-state index is 11.3. The molecule has 2 atom stereocenters. The van der Waals surface area contributed by atoms with Crippen LogP contribution in [0.3, 0.4) is 0 Å². The van der Waals surface area contributed by atoms with E-state index in [4.69, 9.17) is 15.5 Å². The van der Waals surface area contributed by atoms with Crippen LogP contribution >= 0.6 is 7.60 Å². The molecule has 1 aliphatic rings. The van der Waals surface area contributed by atoms with E-state index in [2.05, 4.69) is 5.92 Å². The standard InChI is InChI=1S/C7H11O3P/c1-5-6-7(2,3)10-11(4,8)9-6/h1,6H,2-4H3. The average molecular weight is 174 g/mol. The minimum atomic E-state index is -2.88. The molecule has 1 fully saturated rings. The fourth-order valence-corrected chi connectivity index (χ4v) is 2.74. The predicted octanol–water partition coefficient (Wildman–Crippen LogP) is 1.64. The van der Waals surface area contributed by atoms with Gasteiger partial charge in [0.05, 0.1) is 0 Å². The Morgan fingerprint density at radius 1 is 1.64 bits per heavy atom. The van der Waals surface area contributed by atoms with Crippen LogP contribution in [-0.2, 0) is 13.6 Å². The maximum absolute atomic E-state index is 11.3. The highest BCUT2D eigenvalue weighted by molar-refractivity contribution is 7.53. The maximum Gasteiger partial charge on any atom is 0.329 e. The molecule has 0 spiro atoms. The third kappa shape index (κ3) is 1.65. The second-order valence-corrected chi connectivity index (χ2v) is 5.05. The molecule has 0 aliphatic carbocycles. The second kappa shape index (κ2) is 2.35. The monoisotopic (exact) mass is 174 g/mol. The van der Waals surface area contributed by atoms with Gasteiger partial charge in [-0.1, -0.05) is 5.92 Å². The van der Waals surface area contributed by atoms with E-state index >= 15 is 0 Å². The summed E-state index contributed by atoms with van der Waals surface area (Å²) in [4.78, 5) is 0. The summed E-state index contributed by atoms with van der Waals surface area (Å²) in [6, 6.07) is 0. The van der Waals surface area contributed by atoms with Gasteiger partial charge in [-0.3, -0.25) is 13.6 Å².